The molecule has 7 N–H and O–H groups in total. The molecule has 5 rings (SSSR count). The Hall–Kier alpha value is -3.25. The summed E-state index contributed by atoms with van der Waals surface area (Å²) < 4.78 is 38.3. The van der Waals surface area contributed by atoms with Crippen molar-refractivity contribution in [3.8, 4) is 0 Å². The lowest BCUT2D eigenvalue weighted by molar-refractivity contribution is -0.0511. The molecule has 2 aliphatic heterocycles. The van der Waals surface area contributed by atoms with Gasteiger partial charge in [-0.1, -0.05) is 0 Å². The van der Waals surface area contributed by atoms with Crippen molar-refractivity contribution in [3.05, 3.63) is 33.5 Å². The van der Waals surface area contributed by atoms with Gasteiger partial charge in [-0.15, -0.1) is 0 Å². The third-order valence-electron chi connectivity index (χ3n) is 6.18. The first kappa shape index (κ1) is 26.4. The molecule has 0 bridgehead atoms. The average molecular weight is 555 g/mol. The van der Waals surface area contributed by atoms with Crippen LogP contribution in [0.5, 0.6) is 0 Å². The highest BCUT2D eigenvalue weighted by atomic mass is 31.2. The third-order valence-corrected chi connectivity index (χ3v) is 7.45. The maximum absolute atomic E-state index is 13.1. The number of fused-ring (bicyclic) bond motifs is 1. The number of H-pyrrole nitrogens is 1. The molecule has 19 heteroatoms. The number of rotatable bonds is 8. The van der Waals surface area contributed by atoms with Crippen LogP contribution in [0.3, 0.4) is 0 Å². The second kappa shape index (κ2) is 10.1. The lowest BCUT2D eigenvalue weighted by Gasteiger charge is -2.23. The van der Waals surface area contributed by atoms with Crippen molar-refractivity contribution in [1.82, 2.24) is 34.1 Å². The minimum Gasteiger partial charge on any atom is -0.394 e. The van der Waals surface area contributed by atoms with E-state index in [4.69, 9.17) is 30.0 Å². The summed E-state index contributed by atoms with van der Waals surface area (Å²) in [6.45, 7) is 0.465. The molecule has 0 aliphatic carbocycles. The van der Waals surface area contributed by atoms with Gasteiger partial charge in [-0.3, -0.25) is 23.5 Å². The van der Waals surface area contributed by atoms with E-state index in [9.17, 15) is 24.4 Å². The van der Waals surface area contributed by atoms with Gasteiger partial charge in [0, 0.05) is 19.5 Å². The number of aromatic nitrogens is 7. The Kier molecular flexibility index (Phi) is 7.03. The molecule has 2 fully saturated rings. The Balaban J connectivity index is 1.22. The van der Waals surface area contributed by atoms with E-state index >= 15 is 0 Å². The Morgan fingerprint density at radius 2 is 1.84 bits per heavy atom. The molecule has 38 heavy (non-hydrogen) atoms. The third kappa shape index (κ3) is 5.19. The number of anilines is 2. The van der Waals surface area contributed by atoms with Gasteiger partial charge in [0.2, 0.25) is 11.9 Å². The molecule has 2 saturated heterocycles. The summed E-state index contributed by atoms with van der Waals surface area (Å²) in [5.41, 5.74) is 10.1. The van der Waals surface area contributed by atoms with Crippen molar-refractivity contribution < 1.29 is 33.3 Å². The van der Waals surface area contributed by atoms with Crippen LogP contribution in [0.4, 0.5) is 11.9 Å². The van der Waals surface area contributed by atoms with Gasteiger partial charge in [0.1, 0.15) is 31.0 Å². The van der Waals surface area contributed by atoms with Crippen LogP contribution in [-0.2, 0) is 23.1 Å². The van der Waals surface area contributed by atoms with E-state index in [0.29, 0.717) is 0 Å². The minimum absolute atomic E-state index is 0.0488. The lowest BCUT2D eigenvalue weighted by atomic mass is 10.2. The summed E-state index contributed by atoms with van der Waals surface area (Å²) in [5.74, 6) is -0.295. The van der Waals surface area contributed by atoms with E-state index < -0.39 is 62.3 Å². The second-order valence-electron chi connectivity index (χ2n) is 8.87. The monoisotopic (exact) mass is 555 g/mol. The maximum atomic E-state index is 13.1. The lowest BCUT2D eigenvalue weighted by Crippen LogP contribution is -2.29. The molecule has 18 nitrogen and oxygen atoms in total. The zero-order chi connectivity index (χ0) is 27.2. The number of aliphatic hydroxyl groups is 2. The largest absolute Gasteiger partial charge is 0.394 e. The Bertz CT molecular complexity index is 1490. The first-order valence-electron chi connectivity index (χ1n) is 11.5. The average Bonchev–Trinajstić information content (AvgIpc) is 3.54. The van der Waals surface area contributed by atoms with Crippen LogP contribution >= 0.6 is 7.60 Å². The number of ether oxygens (including phenoxy) is 2. The van der Waals surface area contributed by atoms with Gasteiger partial charge in [-0.25, -0.2) is 14.8 Å². The molecule has 0 aromatic carbocycles. The van der Waals surface area contributed by atoms with Crippen LogP contribution in [-0.4, -0.2) is 88.6 Å². The molecule has 0 spiro atoms. The van der Waals surface area contributed by atoms with Gasteiger partial charge in [0.05, 0.1) is 31.7 Å². The summed E-state index contributed by atoms with van der Waals surface area (Å²) in [5, 5.41) is 20.2. The van der Waals surface area contributed by atoms with E-state index in [-0.39, 0.29) is 42.5 Å². The molecule has 0 amide bonds. The number of aliphatic hydroxyl groups excluding tert-OH is 2. The number of nitrogens with one attached hydrogen (secondary N) is 1. The Morgan fingerprint density at radius 3 is 2.58 bits per heavy atom. The SMILES string of the molecule is CP(=O)(OC[C@H]1O[C@@H](n2cnc3c(=O)[nH]c(N)nc32)C[C@H]1O)OC1C[C@H](n2cnc(N)nc2=O)O[C@@H]1CO. The van der Waals surface area contributed by atoms with Gasteiger partial charge in [0.25, 0.3) is 5.56 Å². The first-order valence-corrected chi connectivity index (χ1v) is 13.5. The van der Waals surface area contributed by atoms with Gasteiger partial charge in [0.15, 0.2) is 11.2 Å². The van der Waals surface area contributed by atoms with Crippen LogP contribution < -0.4 is 22.7 Å². The van der Waals surface area contributed by atoms with Crippen molar-refractivity contribution in [1.29, 1.82) is 0 Å². The zero-order valence-corrected chi connectivity index (χ0v) is 20.9. The van der Waals surface area contributed by atoms with Gasteiger partial charge in [-0.05, 0) is 0 Å². The number of hydrogen-bond donors (Lipinski definition) is 5. The van der Waals surface area contributed by atoms with Crippen molar-refractivity contribution in [2.45, 2.75) is 49.7 Å². The molecule has 206 valence electrons. The Labute approximate surface area is 213 Å². The fourth-order valence-electron chi connectivity index (χ4n) is 4.37. The molecule has 2 aliphatic rings. The highest BCUT2D eigenvalue weighted by Gasteiger charge is 2.42. The number of imidazole rings is 1. The Morgan fingerprint density at radius 1 is 1.13 bits per heavy atom. The summed E-state index contributed by atoms with van der Waals surface area (Å²) in [6.07, 6.45) is -2.63. The standard InChI is InChI=1S/C19H26N9O9P/c1-38(33,37-9-3-13(35-10(9)4-29)28-7-23-17(20)26-19(28)32)34-5-11-8(30)2-12(36-11)27-6-22-14-15(27)24-18(21)25-16(14)31/h6-13,29-30H,2-5H2,1H3,(H2,20,26,32)(H3,21,24,25,31)/t8-,9?,10-,11-,12-,13-,38?/m1/s1. The number of nitrogens with two attached hydrogens (primary N) is 2. The molecular weight excluding hydrogens is 529 g/mol. The first-order chi connectivity index (χ1) is 18.0. The quantitative estimate of drug-likeness (QED) is 0.190. The van der Waals surface area contributed by atoms with Crippen molar-refractivity contribution in [2.24, 2.45) is 0 Å². The summed E-state index contributed by atoms with van der Waals surface area (Å²) in [6, 6.07) is 0. The summed E-state index contributed by atoms with van der Waals surface area (Å²) in [7, 11) is -3.76. The fraction of sp³-hybridized carbons (Fsp3) is 0.579. The number of hydrogen-bond acceptors (Lipinski definition) is 15. The van der Waals surface area contributed by atoms with E-state index in [0.717, 1.165) is 10.9 Å². The second-order valence-corrected chi connectivity index (χ2v) is 10.9. The number of aromatic amines is 1. The van der Waals surface area contributed by atoms with E-state index in [2.05, 4.69) is 24.9 Å². The van der Waals surface area contributed by atoms with Gasteiger partial charge in [-0.2, -0.15) is 9.97 Å². The van der Waals surface area contributed by atoms with Crippen LogP contribution in [0.2, 0.25) is 0 Å². The summed E-state index contributed by atoms with van der Waals surface area (Å²) >= 11 is 0. The fourth-order valence-corrected chi connectivity index (χ4v) is 5.57. The van der Waals surface area contributed by atoms with Crippen LogP contribution in [0.25, 0.3) is 11.2 Å². The van der Waals surface area contributed by atoms with E-state index in [1.165, 1.54) is 17.6 Å². The van der Waals surface area contributed by atoms with E-state index in [1.807, 2.05) is 0 Å². The molecular formula is C19H26N9O9P. The number of nitrogens with zero attached hydrogens (tertiary/aromatic N) is 6. The predicted octanol–water partition coefficient (Wildman–Crippen LogP) is -1.91. The highest BCUT2D eigenvalue weighted by molar-refractivity contribution is 7.53. The van der Waals surface area contributed by atoms with E-state index in [1.54, 1.807) is 0 Å². The van der Waals surface area contributed by atoms with Crippen LogP contribution in [0, 0.1) is 0 Å². The van der Waals surface area contributed by atoms with Crippen molar-refractivity contribution in [2.75, 3.05) is 31.3 Å². The molecule has 5 heterocycles. The molecule has 0 radical (unpaired) electrons. The van der Waals surface area contributed by atoms with Crippen molar-refractivity contribution >= 4 is 30.7 Å². The zero-order valence-electron chi connectivity index (χ0n) is 20.0. The molecule has 2 unspecified atom stereocenters. The molecule has 3 aromatic rings. The maximum Gasteiger partial charge on any atom is 0.354 e. The molecule has 0 saturated carbocycles. The molecule has 7 atom stereocenters. The number of nitrogen functional groups attached to an aromatic ring is 2. The smallest absolute Gasteiger partial charge is 0.354 e. The normalized spacial score (nSPS) is 29.1. The van der Waals surface area contributed by atoms with Crippen LogP contribution in [0.15, 0.2) is 22.2 Å². The van der Waals surface area contributed by atoms with Gasteiger partial charge >= 0.3 is 13.3 Å². The minimum atomic E-state index is -3.76. The van der Waals surface area contributed by atoms with Gasteiger partial charge < -0.3 is 40.2 Å². The van der Waals surface area contributed by atoms with Crippen molar-refractivity contribution in [3.63, 3.8) is 0 Å². The topological polar surface area (TPSA) is 258 Å². The molecule has 3 aromatic heterocycles. The highest BCUT2D eigenvalue weighted by Crippen LogP contribution is 2.49. The van der Waals surface area contributed by atoms with Crippen LogP contribution in [0.1, 0.15) is 25.3 Å². The summed E-state index contributed by atoms with van der Waals surface area (Å²) in [4.78, 5) is 41.9. The predicted molar refractivity (Wildman–Crippen MR) is 128 cm³/mol.